The summed E-state index contributed by atoms with van der Waals surface area (Å²) in [5.74, 6) is -0.164. The molecule has 0 aliphatic carbocycles. The molecule has 2 rings (SSSR count). The molecule has 0 spiro atoms. The fraction of sp³-hybridized carbons (Fsp3) is 0.133. The number of amides is 1. The van der Waals surface area contributed by atoms with Gasteiger partial charge < -0.3 is 16.0 Å². The Morgan fingerprint density at radius 3 is 2.53 bits per heavy atom. The van der Waals surface area contributed by atoms with Crippen LogP contribution in [0.25, 0.3) is 0 Å². The highest BCUT2D eigenvalue weighted by atomic mass is 16.1. The Morgan fingerprint density at radius 1 is 1.11 bits per heavy atom. The molecular formula is C15H17N3O. The van der Waals surface area contributed by atoms with Gasteiger partial charge in [-0.05, 0) is 36.4 Å². The molecule has 2 aromatic rings. The van der Waals surface area contributed by atoms with Gasteiger partial charge in [0.05, 0.1) is 0 Å². The van der Waals surface area contributed by atoms with Gasteiger partial charge in [-0.3, -0.25) is 4.79 Å². The molecule has 0 radical (unpaired) electrons. The molecule has 0 atom stereocenters. The molecule has 19 heavy (non-hydrogen) atoms. The van der Waals surface area contributed by atoms with Crippen LogP contribution in [0.15, 0.2) is 48.5 Å². The Balaban J connectivity index is 2.17. The van der Waals surface area contributed by atoms with Crippen LogP contribution >= 0.6 is 0 Å². The monoisotopic (exact) mass is 255 g/mol. The zero-order valence-electron chi connectivity index (χ0n) is 11.1. The van der Waals surface area contributed by atoms with Crippen LogP contribution in [-0.4, -0.2) is 20.0 Å². The van der Waals surface area contributed by atoms with Crippen LogP contribution in [0.1, 0.15) is 10.4 Å². The second-order valence-corrected chi connectivity index (χ2v) is 4.52. The van der Waals surface area contributed by atoms with E-state index in [1.807, 2.05) is 43.3 Å². The number of nitrogen functional groups attached to an aromatic ring is 1. The van der Waals surface area contributed by atoms with E-state index in [4.69, 9.17) is 5.73 Å². The normalized spacial score (nSPS) is 10.0. The van der Waals surface area contributed by atoms with E-state index in [-0.39, 0.29) is 5.91 Å². The Kier molecular flexibility index (Phi) is 3.71. The average Bonchev–Trinajstić information content (AvgIpc) is 2.39. The van der Waals surface area contributed by atoms with Gasteiger partial charge in [0, 0.05) is 36.7 Å². The number of carbonyl (C=O) groups excluding carboxylic acids is 1. The highest BCUT2D eigenvalue weighted by Gasteiger charge is 2.06. The molecule has 0 fully saturated rings. The van der Waals surface area contributed by atoms with Crippen LogP contribution in [-0.2, 0) is 0 Å². The first-order chi connectivity index (χ1) is 9.06. The minimum Gasteiger partial charge on any atom is -0.399 e. The molecule has 2 aromatic carbocycles. The molecule has 4 heteroatoms. The maximum Gasteiger partial charge on any atom is 0.255 e. The number of hydrogen-bond acceptors (Lipinski definition) is 3. The van der Waals surface area contributed by atoms with Crippen LogP contribution in [0.3, 0.4) is 0 Å². The number of nitrogens with one attached hydrogen (secondary N) is 1. The lowest BCUT2D eigenvalue weighted by Gasteiger charge is -2.14. The van der Waals surface area contributed by atoms with Gasteiger partial charge in [0.1, 0.15) is 0 Å². The van der Waals surface area contributed by atoms with Crippen LogP contribution in [0, 0.1) is 0 Å². The summed E-state index contributed by atoms with van der Waals surface area (Å²) in [6.45, 7) is 0. The Hall–Kier alpha value is -2.49. The van der Waals surface area contributed by atoms with Crippen molar-refractivity contribution < 1.29 is 4.79 Å². The molecule has 0 unspecified atom stereocenters. The first kappa shape index (κ1) is 13.0. The van der Waals surface area contributed by atoms with Crippen LogP contribution in [0.4, 0.5) is 17.1 Å². The number of hydrogen-bond donors (Lipinski definition) is 2. The Morgan fingerprint density at radius 2 is 1.84 bits per heavy atom. The third kappa shape index (κ3) is 3.25. The average molecular weight is 255 g/mol. The van der Waals surface area contributed by atoms with Crippen molar-refractivity contribution in [3.63, 3.8) is 0 Å². The van der Waals surface area contributed by atoms with E-state index < -0.39 is 0 Å². The smallest absolute Gasteiger partial charge is 0.255 e. The molecule has 1 amide bonds. The Bertz CT molecular complexity index is 593. The van der Waals surface area contributed by atoms with Gasteiger partial charge in [-0.2, -0.15) is 0 Å². The van der Waals surface area contributed by atoms with Crippen molar-refractivity contribution in [3.05, 3.63) is 54.1 Å². The third-order valence-corrected chi connectivity index (χ3v) is 2.77. The van der Waals surface area contributed by atoms with E-state index in [0.717, 1.165) is 11.4 Å². The highest BCUT2D eigenvalue weighted by molar-refractivity contribution is 6.04. The minimum atomic E-state index is -0.164. The Labute approximate surface area is 112 Å². The summed E-state index contributed by atoms with van der Waals surface area (Å²) in [6.07, 6.45) is 0. The maximum absolute atomic E-state index is 12.1. The second kappa shape index (κ2) is 5.44. The first-order valence-corrected chi connectivity index (χ1v) is 6.00. The molecule has 0 aliphatic rings. The number of carbonyl (C=O) groups is 1. The lowest BCUT2D eigenvalue weighted by atomic mass is 10.2. The molecule has 0 saturated heterocycles. The number of rotatable bonds is 3. The van der Waals surface area contributed by atoms with Gasteiger partial charge in [-0.25, -0.2) is 0 Å². The van der Waals surface area contributed by atoms with Crippen molar-refractivity contribution in [1.82, 2.24) is 0 Å². The molecule has 98 valence electrons. The fourth-order valence-electron chi connectivity index (χ4n) is 1.75. The number of anilines is 3. The van der Waals surface area contributed by atoms with E-state index in [1.165, 1.54) is 0 Å². The van der Waals surface area contributed by atoms with Crippen LogP contribution in [0.2, 0.25) is 0 Å². The van der Waals surface area contributed by atoms with E-state index >= 15 is 0 Å². The summed E-state index contributed by atoms with van der Waals surface area (Å²) >= 11 is 0. The lowest BCUT2D eigenvalue weighted by Crippen LogP contribution is -2.13. The summed E-state index contributed by atoms with van der Waals surface area (Å²) in [6, 6.07) is 14.6. The molecule has 3 N–H and O–H groups in total. The third-order valence-electron chi connectivity index (χ3n) is 2.77. The van der Waals surface area contributed by atoms with Crippen LogP contribution < -0.4 is 16.0 Å². The number of nitrogens with zero attached hydrogens (tertiary/aromatic N) is 1. The van der Waals surface area contributed by atoms with Crippen molar-refractivity contribution in [2.45, 2.75) is 0 Å². The van der Waals surface area contributed by atoms with Crippen molar-refractivity contribution in [2.75, 3.05) is 30.0 Å². The maximum atomic E-state index is 12.1. The predicted octanol–water partition coefficient (Wildman–Crippen LogP) is 2.59. The minimum absolute atomic E-state index is 0.164. The van der Waals surface area contributed by atoms with Gasteiger partial charge in [0.15, 0.2) is 0 Å². The van der Waals surface area contributed by atoms with Crippen molar-refractivity contribution in [2.24, 2.45) is 0 Å². The van der Waals surface area contributed by atoms with E-state index in [1.54, 1.807) is 24.3 Å². The summed E-state index contributed by atoms with van der Waals surface area (Å²) < 4.78 is 0. The van der Waals surface area contributed by atoms with Gasteiger partial charge in [0.2, 0.25) is 0 Å². The van der Waals surface area contributed by atoms with Crippen molar-refractivity contribution in [1.29, 1.82) is 0 Å². The molecular weight excluding hydrogens is 238 g/mol. The predicted molar refractivity (Wildman–Crippen MR) is 79.6 cm³/mol. The largest absolute Gasteiger partial charge is 0.399 e. The van der Waals surface area contributed by atoms with Gasteiger partial charge in [0.25, 0.3) is 5.91 Å². The zero-order valence-corrected chi connectivity index (χ0v) is 11.1. The summed E-state index contributed by atoms with van der Waals surface area (Å²) in [5, 5.41) is 2.86. The second-order valence-electron chi connectivity index (χ2n) is 4.52. The van der Waals surface area contributed by atoms with E-state index in [9.17, 15) is 4.79 Å². The topological polar surface area (TPSA) is 58.4 Å². The summed E-state index contributed by atoms with van der Waals surface area (Å²) in [5.41, 5.74) is 8.59. The van der Waals surface area contributed by atoms with Crippen molar-refractivity contribution >= 4 is 23.0 Å². The van der Waals surface area contributed by atoms with E-state index in [0.29, 0.717) is 11.3 Å². The van der Waals surface area contributed by atoms with Crippen LogP contribution in [0.5, 0.6) is 0 Å². The number of benzene rings is 2. The molecule has 0 aliphatic heterocycles. The first-order valence-electron chi connectivity index (χ1n) is 6.00. The summed E-state index contributed by atoms with van der Waals surface area (Å²) in [7, 11) is 3.91. The lowest BCUT2D eigenvalue weighted by molar-refractivity contribution is 0.102. The van der Waals surface area contributed by atoms with Gasteiger partial charge in [-0.1, -0.05) is 12.1 Å². The molecule has 0 saturated carbocycles. The van der Waals surface area contributed by atoms with Crippen molar-refractivity contribution in [3.8, 4) is 0 Å². The number of nitrogens with two attached hydrogens (primary N) is 1. The van der Waals surface area contributed by atoms with Gasteiger partial charge >= 0.3 is 0 Å². The highest BCUT2D eigenvalue weighted by Crippen LogP contribution is 2.18. The van der Waals surface area contributed by atoms with E-state index in [2.05, 4.69) is 5.32 Å². The molecule has 4 nitrogen and oxygen atoms in total. The van der Waals surface area contributed by atoms with Gasteiger partial charge in [-0.15, -0.1) is 0 Å². The summed E-state index contributed by atoms with van der Waals surface area (Å²) in [4.78, 5) is 14.0. The SMILES string of the molecule is CN(C)c1cccc(NC(=O)c2cccc(N)c2)c1. The molecule has 0 aromatic heterocycles. The standard InChI is InChI=1S/C15H17N3O/c1-18(2)14-8-4-7-13(10-14)17-15(19)11-5-3-6-12(16)9-11/h3-10H,16H2,1-2H3,(H,17,19). The molecule has 0 bridgehead atoms. The quantitative estimate of drug-likeness (QED) is 0.829. The fourth-order valence-corrected chi connectivity index (χ4v) is 1.75. The molecule has 0 heterocycles. The zero-order chi connectivity index (χ0) is 13.8.